The van der Waals surface area contributed by atoms with Crippen LogP contribution in [0.5, 0.6) is 0 Å². The van der Waals surface area contributed by atoms with E-state index in [4.69, 9.17) is 5.26 Å². The first kappa shape index (κ1) is 14.1. The van der Waals surface area contributed by atoms with Gasteiger partial charge < -0.3 is 0 Å². The maximum absolute atomic E-state index is 14.0. The fraction of sp³-hybridized carbons (Fsp3) is 0.400. The van der Waals surface area contributed by atoms with Crippen molar-refractivity contribution in [2.45, 2.75) is 31.0 Å². The molecule has 1 fully saturated rings. The molecule has 0 N–H and O–H groups in total. The third-order valence-corrected chi connectivity index (χ3v) is 4.58. The molecule has 0 unspecified atom stereocenters. The summed E-state index contributed by atoms with van der Waals surface area (Å²) in [6.45, 7) is 1.88. The molecule has 6 heteroatoms. The first-order valence-electron chi connectivity index (χ1n) is 6.93. The van der Waals surface area contributed by atoms with Crippen LogP contribution in [0.1, 0.15) is 25.8 Å². The second-order valence-corrected chi connectivity index (χ2v) is 6.22. The molecular weight excluding hydrogens is 287 g/mol. The Balaban J connectivity index is 1.94. The molecule has 1 aromatic carbocycles. The third-order valence-electron chi connectivity index (χ3n) is 3.37. The molecule has 0 bridgehead atoms. The summed E-state index contributed by atoms with van der Waals surface area (Å²) in [5.41, 5.74) is 0.483. The minimum atomic E-state index is -0.284. The Labute approximate surface area is 127 Å². The zero-order valence-corrected chi connectivity index (χ0v) is 12.5. The molecule has 3 rings (SSSR count). The highest BCUT2D eigenvalue weighted by Crippen LogP contribution is 2.41. The number of hydrogen-bond acceptors (Lipinski definition) is 4. The molecule has 0 spiro atoms. The maximum Gasteiger partial charge on any atom is 0.191 e. The van der Waals surface area contributed by atoms with Gasteiger partial charge in [-0.1, -0.05) is 23.9 Å². The SMILES string of the molecule is C[C@H](C#N)CSc1nnc(-c2ccccc2F)n1C1CC1. The summed E-state index contributed by atoms with van der Waals surface area (Å²) in [7, 11) is 0. The maximum atomic E-state index is 14.0. The third kappa shape index (κ3) is 2.93. The second kappa shape index (κ2) is 5.86. The predicted molar refractivity (Wildman–Crippen MR) is 79.2 cm³/mol. The van der Waals surface area contributed by atoms with E-state index in [2.05, 4.69) is 16.3 Å². The smallest absolute Gasteiger partial charge is 0.191 e. The van der Waals surface area contributed by atoms with Crippen molar-refractivity contribution in [3.63, 3.8) is 0 Å². The van der Waals surface area contributed by atoms with Crippen molar-refractivity contribution in [2.24, 2.45) is 5.92 Å². The van der Waals surface area contributed by atoms with Gasteiger partial charge in [-0.25, -0.2) is 4.39 Å². The van der Waals surface area contributed by atoms with Crippen LogP contribution in [-0.4, -0.2) is 20.5 Å². The van der Waals surface area contributed by atoms with E-state index in [1.54, 1.807) is 18.2 Å². The molecular formula is C15H15FN4S. The lowest BCUT2D eigenvalue weighted by Gasteiger charge is -2.09. The molecule has 108 valence electrons. The van der Waals surface area contributed by atoms with Gasteiger partial charge in [-0.15, -0.1) is 10.2 Å². The van der Waals surface area contributed by atoms with Crippen molar-refractivity contribution in [3.8, 4) is 17.5 Å². The highest BCUT2D eigenvalue weighted by atomic mass is 32.2. The average Bonchev–Trinajstić information content (AvgIpc) is 3.25. The summed E-state index contributed by atoms with van der Waals surface area (Å²) in [5.74, 6) is 0.922. The van der Waals surface area contributed by atoms with Crippen LogP contribution in [0.15, 0.2) is 29.4 Å². The van der Waals surface area contributed by atoms with E-state index in [-0.39, 0.29) is 11.7 Å². The van der Waals surface area contributed by atoms with Gasteiger partial charge in [0.25, 0.3) is 0 Å². The number of halogens is 1. The summed E-state index contributed by atoms with van der Waals surface area (Å²) >= 11 is 1.51. The quantitative estimate of drug-likeness (QED) is 0.791. The summed E-state index contributed by atoms with van der Waals surface area (Å²) < 4.78 is 16.0. The minimum absolute atomic E-state index is 0.0451. The second-order valence-electron chi connectivity index (χ2n) is 5.23. The van der Waals surface area contributed by atoms with Crippen LogP contribution in [0.2, 0.25) is 0 Å². The number of nitriles is 1. The molecule has 1 heterocycles. The molecule has 0 aliphatic heterocycles. The van der Waals surface area contributed by atoms with Gasteiger partial charge in [0.2, 0.25) is 0 Å². The lowest BCUT2D eigenvalue weighted by Crippen LogP contribution is -2.02. The van der Waals surface area contributed by atoms with Crippen LogP contribution in [0.25, 0.3) is 11.4 Å². The molecule has 21 heavy (non-hydrogen) atoms. The minimum Gasteiger partial charge on any atom is -0.299 e. The van der Waals surface area contributed by atoms with Crippen molar-refractivity contribution >= 4 is 11.8 Å². The first-order valence-corrected chi connectivity index (χ1v) is 7.91. The van der Waals surface area contributed by atoms with Crippen LogP contribution in [0.4, 0.5) is 4.39 Å². The highest BCUT2D eigenvalue weighted by Gasteiger charge is 2.30. The molecule has 0 radical (unpaired) electrons. The van der Waals surface area contributed by atoms with Crippen molar-refractivity contribution in [1.29, 1.82) is 5.26 Å². The van der Waals surface area contributed by atoms with Crippen molar-refractivity contribution in [3.05, 3.63) is 30.1 Å². The van der Waals surface area contributed by atoms with E-state index in [0.29, 0.717) is 23.2 Å². The lowest BCUT2D eigenvalue weighted by atomic mass is 10.2. The fourth-order valence-corrected chi connectivity index (χ4v) is 3.05. The van der Waals surface area contributed by atoms with Crippen LogP contribution < -0.4 is 0 Å². The van der Waals surface area contributed by atoms with Crippen molar-refractivity contribution in [2.75, 3.05) is 5.75 Å². The van der Waals surface area contributed by atoms with E-state index in [9.17, 15) is 4.39 Å². The van der Waals surface area contributed by atoms with E-state index >= 15 is 0 Å². The zero-order valence-electron chi connectivity index (χ0n) is 11.7. The molecule has 1 aliphatic rings. The molecule has 2 aromatic rings. The normalized spacial score (nSPS) is 15.7. The largest absolute Gasteiger partial charge is 0.299 e. The summed E-state index contributed by atoms with van der Waals surface area (Å²) in [5, 5.41) is 18.0. The van der Waals surface area contributed by atoms with Crippen molar-refractivity contribution < 1.29 is 4.39 Å². The monoisotopic (exact) mass is 302 g/mol. The first-order chi connectivity index (χ1) is 10.2. The van der Waals surface area contributed by atoms with Crippen LogP contribution in [0.3, 0.4) is 0 Å². The van der Waals surface area contributed by atoms with Gasteiger partial charge in [0.15, 0.2) is 11.0 Å². The Morgan fingerprint density at radius 3 is 2.86 bits per heavy atom. The molecule has 1 aliphatic carbocycles. The number of hydrogen-bond donors (Lipinski definition) is 0. The van der Waals surface area contributed by atoms with Gasteiger partial charge in [-0.05, 0) is 31.9 Å². The Hall–Kier alpha value is -1.87. The molecule has 4 nitrogen and oxygen atoms in total. The molecule has 0 amide bonds. The standard InChI is InChI=1S/C15H15FN4S/c1-10(8-17)9-21-15-19-18-14(20(15)11-6-7-11)12-4-2-3-5-13(12)16/h2-5,10-11H,6-7,9H2,1H3/t10-/m1/s1. The molecule has 1 aromatic heterocycles. The Kier molecular flexibility index (Phi) is 3.93. The Morgan fingerprint density at radius 1 is 1.43 bits per heavy atom. The number of thioether (sulfide) groups is 1. The van der Waals surface area contributed by atoms with Crippen LogP contribution >= 0.6 is 11.8 Å². The topological polar surface area (TPSA) is 54.5 Å². The number of nitrogens with zero attached hydrogens (tertiary/aromatic N) is 4. The van der Waals surface area contributed by atoms with E-state index < -0.39 is 0 Å². The summed E-state index contributed by atoms with van der Waals surface area (Å²) in [4.78, 5) is 0. The number of benzene rings is 1. The van der Waals surface area contributed by atoms with Gasteiger partial charge in [-0.3, -0.25) is 4.57 Å². The Bertz CT molecular complexity index is 687. The van der Waals surface area contributed by atoms with E-state index in [0.717, 1.165) is 18.0 Å². The summed E-state index contributed by atoms with van der Waals surface area (Å²) in [6.07, 6.45) is 2.14. The van der Waals surface area contributed by atoms with Gasteiger partial charge in [0.05, 0.1) is 17.6 Å². The fourth-order valence-electron chi connectivity index (χ4n) is 2.10. The van der Waals surface area contributed by atoms with E-state index in [1.807, 2.05) is 11.5 Å². The lowest BCUT2D eigenvalue weighted by molar-refractivity contribution is 0.622. The number of rotatable bonds is 5. The van der Waals surface area contributed by atoms with Crippen LogP contribution in [-0.2, 0) is 0 Å². The number of aromatic nitrogens is 3. The zero-order chi connectivity index (χ0) is 14.8. The highest BCUT2D eigenvalue weighted by molar-refractivity contribution is 7.99. The predicted octanol–water partition coefficient (Wildman–Crippen LogP) is 3.67. The van der Waals surface area contributed by atoms with E-state index in [1.165, 1.54) is 17.8 Å². The molecule has 1 atom stereocenters. The molecule has 0 saturated heterocycles. The van der Waals surface area contributed by atoms with Gasteiger partial charge in [0.1, 0.15) is 5.82 Å². The van der Waals surface area contributed by atoms with Crippen LogP contribution in [0, 0.1) is 23.1 Å². The molecule has 1 saturated carbocycles. The van der Waals surface area contributed by atoms with Gasteiger partial charge >= 0.3 is 0 Å². The van der Waals surface area contributed by atoms with Gasteiger partial charge in [-0.2, -0.15) is 5.26 Å². The van der Waals surface area contributed by atoms with Gasteiger partial charge in [0, 0.05) is 11.8 Å². The average molecular weight is 302 g/mol. The summed E-state index contributed by atoms with van der Waals surface area (Å²) in [6, 6.07) is 9.20. The van der Waals surface area contributed by atoms with Crippen molar-refractivity contribution in [1.82, 2.24) is 14.8 Å². The Morgan fingerprint density at radius 2 is 2.19 bits per heavy atom.